The fourth-order valence-electron chi connectivity index (χ4n) is 0.881. The maximum absolute atomic E-state index is 10.6. The highest BCUT2D eigenvalue weighted by Gasteiger charge is 2.22. The highest BCUT2D eigenvalue weighted by atomic mass is 35.5. The molecule has 0 aliphatic carbocycles. The molecule has 7 heteroatoms. The van der Waals surface area contributed by atoms with Crippen LogP contribution in [0.2, 0.25) is 10.3 Å². The Kier molecular flexibility index (Phi) is 3.88. The predicted octanol–water partition coefficient (Wildman–Crippen LogP) is 2.86. The van der Waals surface area contributed by atoms with Crippen molar-refractivity contribution in [1.82, 2.24) is 4.98 Å². The topological polar surface area (TPSA) is 65.3 Å². The Hall–Kier alpha value is -1.33. The van der Waals surface area contributed by atoms with E-state index >= 15 is 0 Å². The summed E-state index contributed by atoms with van der Waals surface area (Å²) < 4.78 is 5.04. The summed E-state index contributed by atoms with van der Waals surface area (Å²) in [6, 6.07) is 1.23. The number of halogens is 2. The third kappa shape index (κ3) is 2.81. The maximum atomic E-state index is 10.6. The van der Waals surface area contributed by atoms with E-state index in [2.05, 4.69) is 11.6 Å². The average Bonchev–Trinajstić information content (AvgIpc) is 2.12. The summed E-state index contributed by atoms with van der Waals surface area (Å²) in [4.78, 5) is 13.5. The van der Waals surface area contributed by atoms with Crippen LogP contribution in [0.25, 0.3) is 0 Å². The summed E-state index contributed by atoms with van der Waals surface area (Å²) >= 11 is 11.1. The summed E-state index contributed by atoms with van der Waals surface area (Å²) in [6.07, 6.45) is 1.45. The molecule has 0 bridgehead atoms. The monoisotopic (exact) mass is 248 g/mol. The first kappa shape index (κ1) is 11.7. The van der Waals surface area contributed by atoms with Crippen molar-refractivity contribution in [1.29, 1.82) is 0 Å². The highest BCUT2D eigenvalue weighted by molar-refractivity contribution is 6.34. The molecule has 5 nitrogen and oxygen atoms in total. The number of ether oxygens (including phenoxy) is 1. The van der Waals surface area contributed by atoms with Crippen molar-refractivity contribution in [2.75, 3.05) is 6.61 Å². The van der Waals surface area contributed by atoms with E-state index in [1.807, 2.05) is 0 Å². The van der Waals surface area contributed by atoms with Crippen molar-refractivity contribution < 1.29 is 9.66 Å². The van der Waals surface area contributed by atoms with Crippen LogP contribution in [0.5, 0.6) is 5.75 Å². The molecule has 0 aliphatic rings. The van der Waals surface area contributed by atoms with E-state index < -0.39 is 10.6 Å². The van der Waals surface area contributed by atoms with Gasteiger partial charge >= 0.3 is 5.69 Å². The smallest absolute Gasteiger partial charge is 0.347 e. The Morgan fingerprint density at radius 1 is 1.67 bits per heavy atom. The van der Waals surface area contributed by atoms with Crippen LogP contribution in [-0.4, -0.2) is 16.5 Å². The van der Waals surface area contributed by atoms with E-state index in [4.69, 9.17) is 27.9 Å². The van der Waals surface area contributed by atoms with E-state index in [0.29, 0.717) is 0 Å². The lowest BCUT2D eigenvalue weighted by Gasteiger charge is -2.05. The van der Waals surface area contributed by atoms with Gasteiger partial charge in [-0.2, -0.15) is 0 Å². The first-order valence-electron chi connectivity index (χ1n) is 3.80. The van der Waals surface area contributed by atoms with Gasteiger partial charge in [0.2, 0.25) is 10.9 Å². The summed E-state index contributed by atoms with van der Waals surface area (Å²) in [7, 11) is 0. The van der Waals surface area contributed by atoms with Gasteiger partial charge in [-0.25, -0.2) is 4.98 Å². The number of aromatic nitrogens is 1. The molecule has 0 saturated carbocycles. The molecule has 0 saturated heterocycles. The van der Waals surface area contributed by atoms with Crippen molar-refractivity contribution in [2.45, 2.75) is 0 Å². The molecule has 1 heterocycles. The molecule has 1 aromatic heterocycles. The van der Waals surface area contributed by atoms with Crippen LogP contribution >= 0.6 is 23.2 Å². The van der Waals surface area contributed by atoms with E-state index in [1.54, 1.807) is 0 Å². The molecule has 0 aromatic carbocycles. The van der Waals surface area contributed by atoms with Gasteiger partial charge in [-0.1, -0.05) is 35.9 Å². The number of hydrogen-bond acceptors (Lipinski definition) is 4. The van der Waals surface area contributed by atoms with Gasteiger partial charge in [0.15, 0.2) is 0 Å². The molecule has 0 radical (unpaired) electrons. The van der Waals surface area contributed by atoms with Gasteiger partial charge in [-0.05, 0) is 0 Å². The summed E-state index contributed by atoms with van der Waals surface area (Å²) in [5.41, 5.74) is -0.400. The van der Waals surface area contributed by atoms with Crippen molar-refractivity contribution in [3.05, 3.63) is 39.1 Å². The minimum atomic E-state index is -0.677. The molecule has 0 unspecified atom stereocenters. The first-order chi connectivity index (χ1) is 7.06. The lowest BCUT2D eigenvalue weighted by Crippen LogP contribution is -2.00. The number of nitrogens with zero attached hydrogens (tertiary/aromatic N) is 2. The molecular formula is C8H6Cl2N2O3. The van der Waals surface area contributed by atoms with Crippen LogP contribution in [0.15, 0.2) is 18.7 Å². The normalized spacial score (nSPS) is 9.73. The second kappa shape index (κ2) is 4.95. The highest BCUT2D eigenvalue weighted by Crippen LogP contribution is 2.35. The lowest BCUT2D eigenvalue weighted by molar-refractivity contribution is -0.386. The quantitative estimate of drug-likeness (QED) is 0.356. The molecule has 1 rings (SSSR count). The standard InChI is InChI=1S/C8H6Cl2N2O3/c1-2-3-15-5-4-6(9)11-8(10)7(5)12(13)14/h2,4H,1,3H2. The predicted molar refractivity (Wildman–Crippen MR) is 56.6 cm³/mol. The van der Waals surface area contributed by atoms with Gasteiger partial charge in [0.1, 0.15) is 11.8 Å². The van der Waals surface area contributed by atoms with Crippen LogP contribution in [-0.2, 0) is 0 Å². The van der Waals surface area contributed by atoms with Crippen LogP contribution in [0.3, 0.4) is 0 Å². The molecular weight excluding hydrogens is 243 g/mol. The minimum absolute atomic E-state index is 0.0232. The zero-order valence-electron chi connectivity index (χ0n) is 7.44. The molecule has 0 fully saturated rings. The molecule has 0 N–H and O–H groups in total. The maximum Gasteiger partial charge on any atom is 0.347 e. The molecule has 15 heavy (non-hydrogen) atoms. The summed E-state index contributed by atoms with van der Waals surface area (Å²) in [5.74, 6) is -0.0232. The molecule has 1 aromatic rings. The number of nitro groups is 1. The van der Waals surface area contributed by atoms with E-state index in [9.17, 15) is 10.1 Å². The SMILES string of the molecule is C=CCOc1cc(Cl)nc(Cl)c1[N+](=O)[O-]. The van der Waals surface area contributed by atoms with Crippen LogP contribution in [0.1, 0.15) is 0 Å². The number of pyridine rings is 1. The summed E-state index contributed by atoms with van der Waals surface area (Å²) in [5, 5.41) is 10.4. The third-order valence-electron chi connectivity index (χ3n) is 1.42. The fraction of sp³-hybridized carbons (Fsp3) is 0.125. The molecule has 0 atom stereocenters. The zero-order chi connectivity index (χ0) is 11.4. The Balaban J connectivity index is 3.20. The van der Waals surface area contributed by atoms with E-state index in [0.717, 1.165) is 0 Å². The van der Waals surface area contributed by atoms with Gasteiger partial charge in [-0.15, -0.1) is 0 Å². The van der Waals surface area contributed by atoms with Gasteiger partial charge in [0.25, 0.3) is 0 Å². The second-order valence-corrected chi connectivity index (χ2v) is 3.18. The van der Waals surface area contributed by atoms with Gasteiger partial charge in [-0.3, -0.25) is 10.1 Å². The number of rotatable bonds is 4. The Morgan fingerprint density at radius 3 is 2.87 bits per heavy atom. The zero-order valence-corrected chi connectivity index (χ0v) is 8.96. The van der Waals surface area contributed by atoms with Crippen LogP contribution < -0.4 is 4.74 Å². The summed E-state index contributed by atoms with van der Waals surface area (Å²) in [6.45, 7) is 3.54. The van der Waals surface area contributed by atoms with Crippen molar-refractivity contribution in [3.63, 3.8) is 0 Å². The molecule has 80 valence electrons. The van der Waals surface area contributed by atoms with Gasteiger partial charge < -0.3 is 4.74 Å². The van der Waals surface area contributed by atoms with Crippen molar-refractivity contribution in [2.24, 2.45) is 0 Å². The second-order valence-electron chi connectivity index (χ2n) is 2.44. The fourth-order valence-corrected chi connectivity index (χ4v) is 1.36. The lowest BCUT2D eigenvalue weighted by atomic mass is 10.4. The van der Waals surface area contributed by atoms with Crippen LogP contribution in [0.4, 0.5) is 5.69 Å². The number of hydrogen-bond donors (Lipinski definition) is 0. The molecule has 0 aliphatic heterocycles. The largest absolute Gasteiger partial charge is 0.482 e. The van der Waals surface area contributed by atoms with E-state index in [-0.39, 0.29) is 22.7 Å². The molecule has 0 spiro atoms. The van der Waals surface area contributed by atoms with Crippen LogP contribution in [0, 0.1) is 10.1 Å². The van der Waals surface area contributed by atoms with Gasteiger partial charge in [0.05, 0.1) is 4.92 Å². The van der Waals surface area contributed by atoms with Crippen molar-refractivity contribution in [3.8, 4) is 5.75 Å². The average molecular weight is 249 g/mol. The van der Waals surface area contributed by atoms with E-state index in [1.165, 1.54) is 12.1 Å². The minimum Gasteiger partial charge on any atom is -0.482 e. The van der Waals surface area contributed by atoms with Gasteiger partial charge in [0, 0.05) is 6.07 Å². The molecule has 0 amide bonds. The first-order valence-corrected chi connectivity index (χ1v) is 4.56. The third-order valence-corrected chi connectivity index (χ3v) is 1.88. The Bertz CT molecular complexity index is 409. The Labute approximate surface area is 95.4 Å². The van der Waals surface area contributed by atoms with Crippen molar-refractivity contribution >= 4 is 28.9 Å². The Morgan fingerprint density at radius 2 is 2.33 bits per heavy atom.